The number of amidine groups is 1. The zero-order chi connectivity index (χ0) is 21.8. The van der Waals surface area contributed by atoms with Crippen LogP contribution in [0.5, 0.6) is 0 Å². The second-order valence-corrected chi connectivity index (χ2v) is 7.36. The van der Waals surface area contributed by atoms with Crippen LogP contribution in [-0.2, 0) is 4.74 Å². The third-order valence-electron chi connectivity index (χ3n) is 4.45. The lowest BCUT2D eigenvalue weighted by Crippen LogP contribution is -2.30. The van der Waals surface area contributed by atoms with Crippen LogP contribution in [0.1, 0.15) is 20.7 Å². The van der Waals surface area contributed by atoms with Gasteiger partial charge in [-0.25, -0.2) is 4.99 Å². The first-order valence-corrected chi connectivity index (χ1v) is 10.1. The molecule has 2 N–H and O–H groups in total. The monoisotopic (exact) mass is 454 g/mol. The van der Waals surface area contributed by atoms with E-state index in [0.29, 0.717) is 35.1 Å². The fraction of sp³-hybridized carbons (Fsp3) is 0.0909. The van der Waals surface area contributed by atoms with Crippen molar-refractivity contribution < 1.29 is 14.3 Å². The maximum Gasteiger partial charge on any atom is 0.291 e. The van der Waals surface area contributed by atoms with Gasteiger partial charge in [0.05, 0.1) is 27.8 Å². The Kier molecular flexibility index (Phi) is 6.16. The van der Waals surface area contributed by atoms with Crippen molar-refractivity contribution in [3.63, 3.8) is 0 Å². The van der Waals surface area contributed by atoms with Gasteiger partial charge in [0.1, 0.15) is 6.61 Å². The summed E-state index contributed by atoms with van der Waals surface area (Å²) in [5.74, 6) is -0.845. The minimum absolute atomic E-state index is 0.137. The maximum atomic E-state index is 12.7. The van der Waals surface area contributed by atoms with E-state index in [-0.39, 0.29) is 22.2 Å². The highest BCUT2D eigenvalue weighted by Crippen LogP contribution is 2.29. The quantitative estimate of drug-likeness (QED) is 0.609. The Hall–Kier alpha value is -3.42. The number of amides is 2. The van der Waals surface area contributed by atoms with Crippen LogP contribution in [-0.4, -0.2) is 36.0 Å². The molecule has 9 heteroatoms. The molecule has 2 aromatic carbocycles. The highest BCUT2D eigenvalue weighted by molar-refractivity contribution is 6.35. The molecule has 0 fully saturated rings. The largest absolute Gasteiger partial charge is 0.463 e. The first kappa shape index (κ1) is 20.8. The molecule has 0 aliphatic carbocycles. The molecule has 1 aromatic heterocycles. The molecule has 31 heavy (non-hydrogen) atoms. The molecule has 3 aromatic rings. The zero-order valence-electron chi connectivity index (χ0n) is 16.1. The van der Waals surface area contributed by atoms with Crippen LogP contribution in [0.25, 0.3) is 11.3 Å². The Labute approximate surface area is 188 Å². The molecule has 0 saturated heterocycles. The van der Waals surface area contributed by atoms with E-state index >= 15 is 0 Å². The van der Waals surface area contributed by atoms with Gasteiger partial charge in [-0.15, -0.1) is 0 Å². The molecule has 0 radical (unpaired) electrons. The maximum absolute atomic E-state index is 12.7. The van der Waals surface area contributed by atoms with Crippen molar-refractivity contribution in [3.8, 4) is 11.3 Å². The van der Waals surface area contributed by atoms with Crippen molar-refractivity contribution in [3.05, 3.63) is 82.0 Å². The van der Waals surface area contributed by atoms with E-state index in [1.807, 2.05) is 18.2 Å². The highest BCUT2D eigenvalue weighted by atomic mass is 35.5. The molecule has 0 atom stereocenters. The summed E-state index contributed by atoms with van der Waals surface area (Å²) in [4.78, 5) is 33.3. The number of benzene rings is 2. The van der Waals surface area contributed by atoms with Crippen LogP contribution in [0.4, 0.5) is 5.69 Å². The molecular weight excluding hydrogens is 439 g/mol. The lowest BCUT2D eigenvalue weighted by Gasteiger charge is -2.11. The summed E-state index contributed by atoms with van der Waals surface area (Å²) in [5, 5.41) is 6.00. The number of hydrogen-bond donors (Lipinski definition) is 2. The number of nitrogens with one attached hydrogen (secondary N) is 2. The van der Waals surface area contributed by atoms with Gasteiger partial charge in [0.15, 0.2) is 0 Å². The standard InChI is InChI=1S/C22H16Cl2N4O3/c23-17-7-5-14(12-16(17)19-3-1-2-8-25-19)27-21(30)15-6-4-13(11-18(15)24)20(29)28-22-26-9-10-31-22/h1-8,11-12H,9-10H2,(H,27,30)(H,26,28,29). The first-order chi connectivity index (χ1) is 15.0. The lowest BCUT2D eigenvalue weighted by molar-refractivity contribution is 0.0966. The average molecular weight is 455 g/mol. The van der Waals surface area contributed by atoms with Gasteiger partial charge >= 0.3 is 0 Å². The van der Waals surface area contributed by atoms with E-state index < -0.39 is 11.8 Å². The van der Waals surface area contributed by atoms with E-state index in [2.05, 4.69) is 20.6 Å². The summed E-state index contributed by atoms with van der Waals surface area (Å²) < 4.78 is 5.16. The van der Waals surface area contributed by atoms with Gasteiger partial charge in [0, 0.05) is 23.0 Å². The SMILES string of the molecule is O=C(NC1=NCCO1)c1ccc(C(=O)Nc2ccc(Cl)c(-c3ccccn3)c2)c(Cl)c1. The van der Waals surface area contributed by atoms with Crippen molar-refractivity contribution in [1.82, 2.24) is 10.3 Å². The molecule has 0 spiro atoms. The number of aromatic nitrogens is 1. The smallest absolute Gasteiger partial charge is 0.291 e. The Morgan fingerprint density at radius 1 is 0.935 bits per heavy atom. The number of anilines is 1. The minimum Gasteiger partial charge on any atom is -0.463 e. The van der Waals surface area contributed by atoms with Crippen LogP contribution >= 0.6 is 23.2 Å². The molecule has 0 bridgehead atoms. The number of carbonyl (C=O) groups excluding carboxylic acids is 2. The summed E-state index contributed by atoms with van der Waals surface area (Å²) in [5.41, 5.74) is 2.41. The first-order valence-electron chi connectivity index (χ1n) is 9.32. The molecule has 0 saturated carbocycles. The van der Waals surface area contributed by atoms with Crippen LogP contribution < -0.4 is 10.6 Å². The fourth-order valence-corrected chi connectivity index (χ4v) is 3.42. The average Bonchev–Trinajstić information content (AvgIpc) is 3.28. The Balaban J connectivity index is 1.50. The van der Waals surface area contributed by atoms with E-state index in [1.54, 1.807) is 24.4 Å². The molecule has 2 amide bonds. The van der Waals surface area contributed by atoms with Gasteiger partial charge in [-0.2, -0.15) is 0 Å². The second-order valence-electron chi connectivity index (χ2n) is 6.55. The summed E-state index contributed by atoms with van der Waals surface area (Å²) in [6.07, 6.45) is 1.67. The van der Waals surface area contributed by atoms with Crippen molar-refractivity contribution >= 4 is 46.7 Å². The second kappa shape index (κ2) is 9.16. The number of aliphatic imine (C=N–C) groups is 1. The third-order valence-corrected chi connectivity index (χ3v) is 5.09. The summed E-state index contributed by atoms with van der Waals surface area (Å²) >= 11 is 12.6. The molecule has 7 nitrogen and oxygen atoms in total. The third kappa shape index (κ3) is 4.84. The van der Waals surface area contributed by atoms with Crippen molar-refractivity contribution in [1.29, 1.82) is 0 Å². The minimum atomic E-state index is -0.424. The zero-order valence-corrected chi connectivity index (χ0v) is 17.6. The number of pyridine rings is 1. The highest BCUT2D eigenvalue weighted by Gasteiger charge is 2.17. The van der Waals surface area contributed by atoms with E-state index in [1.165, 1.54) is 18.2 Å². The van der Waals surface area contributed by atoms with Crippen LogP contribution in [0.3, 0.4) is 0 Å². The normalized spacial score (nSPS) is 12.6. The van der Waals surface area contributed by atoms with Gasteiger partial charge in [-0.3, -0.25) is 19.9 Å². The van der Waals surface area contributed by atoms with Gasteiger partial charge in [0.25, 0.3) is 17.8 Å². The van der Waals surface area contributed by atoms with E-state index in [4.69, 9.17) is 27.9 Å². The number of hydrogen-bond acceptors (Lipinski definition) is 5. The van der Waals surface area contributed by atoms with Crippen molar-refractivity contribution in [2.24, 2.45) is 4.99 Å². The van der Waals surface area contributed by atoms with Gasteiger partial charge < -0.3 is 10.1 Å². The van der Waals surface area contributed by atoms with Gasteiger partial charge in [0.2, 0.25) is 0 Å². The summed E-state index contributed by atoms with van der Waals surface area (Å²) in [6.45, 7) is 0.935. The van der Waals surface area contributed by atoms with Crippen molar-refractivity contribution in [2.75, 3.05) is 18.5 Å². The number of ether oxygens (including phenoxy) is 1. The molecule has 1 aliphatic rings. The summed E-state index contributed by atoms with van der Waals surface area (Å²) in [6, 6.07) is 15.2. The van der Waals surface area contributed by atoms with E-state index in [9.17, 15) is 9.59 Å². The molecule has 1 aliphatic heterocycles. The lowest BCUT2D eigenvalue weighted by atomic mass is 10.1. The predicted octanol–water partition coefficient (Wildman–Crippen LogP) is 4.42. The predicted molar refractivity (Wildman–Crippen MR) is 120 cm³/mol. The molecule has 0 unspecified atom stereocenters. The van der Waals surface area contributed by atoms with Crippen LogP contribution in [0.15, 0.2) is 65.8 Å². The summed E-state index contributed by atoms with van der Waals surface area (Å²) in [7, 11) is 0. The van der Waals surface area contributed by atoms with Crippen LogP contribution in [0.2, 0.25) is 10.0 Å². The van der Waals surface area contributed by atoms with Crippen LogP contribution in [0, 0.1) is 0 Å². The molecule has 4 rings (SSSR count). The molecule has 156 valence electrons. The fourth-order valence-electron chi connectivity index (χ4n) is 2.94. The Morgan fingerprint density at radius 2 is 1.81 bits per heavy atom. The number of nitrogens with zero attached hydrogens (tertiary/aromatic N) is 2. The molecule has 2 heterocycles. The Morgan fingerprint density at radius 3 is 2.52 bits per heavy atom. The molecular formula is C22H16Cl2N4O3. The van der Waals surface area contributed by atoms with Gasteiger partial charge in [-0.05, 0) is 48.5 Å². The Bertz CT molecular complexity index is 1180. The topological polar surface area (TPSA) is 92.7 Å². The number of carbonyl (C=O) groups is 2. The van der Waals surface area contributed by atoms with Crippen molar-refractivity contribution in [2.45, 2.75) is 0 Å². The van der Waals surface area contributed by atoms with Gasteiger partial charge in [-0.1, -0.05) is 29.3 Å². The van der Waals surface area contributed by atoms with E-state index in [0.717, 1.165) is 0 Å². The number of halogens is 2. The number of rotatable bonds is 4.